The number of carbonyl (C=O) groups is 1. The van der Waals surface area contributed by atoms with Gasteiger partial charge in [-0.25, -0.2) is 4.31 Å². The first-order valence-corrected chi connectivity index (χ1v) is 11.9. The van der Waals surface area contributed by atoms with E-state index in [9.17, 15) is 4.79 Å². The van der Waals surface area contributed by atoms with Crippen molar-refractivity contribution in [2.45, 2.75) is 39.0 Å². The van der Waals surface area contributed by atoms with Crippen LogP contribution in [-0.4, -0.2) is 35.2 Å². The van der Waals surface area contributed by atoms with E-state index >= 15 is 0 Å². The Morgan fingerprint density at radius 3 is 2.16 bits per heavy atom. The third-order valence-electron chi connectivity index (χ3n) is 4.70. The minimum atomic E-state index is -0.520. The van der Waals surface area contributed by atoms with Crippen molar-refractivity contribution < 1.29 is 9.53 Å². The zero-order chi connectivity index (χ0) is 23.7. The Kier molecular flexibility index (Phi) is 10.2. The third-order valence-corrected chi connectivity index (χ3v) is 5.99. The van der Waals surface area contributed by atoms with E-state index in [0.717, 1.165) is 18.0 Å². The van der Waals surface area contributed by atoms with Gasteiger partial charge in [0.1, 0.15) is 0 Å². The van der Waals surface area contributed by atoms with Crippen molar-refractivity contribution >= 4 is 41.4 Å². The lowest BCUT2D eigenvalue weighted by molar-refractivity contribution is 0.100. The molecule has 3 rings (SSSR count). The Balaban J connectivity index is 0.00000176. The summed E-state index contributed by atoms with van der Waals surface area (Å²) in [6.07, 6.45) is 1.27. The van der Waals surface area contributed by atoms with Gasteiger partial charge in [0.2, 0.25) is 5.90 Å². The van der Waals surface area contributed by atoms with Crippen molar-refractivity contribution in [3.63, 3.8) is 0 Å². The summed E-state index contributed by atoms with van der Waals surface area (Å²) in [6, 6.07) is 13.4. The summed E-state index contributed by atoms with van der Waals surface area (Å²) in [7, 11) is 0. The Bertz CT molecular complexity index is 922. The Hall–Kier alpha value is -2.35. The molecule has 2 atom stereocenters. The smallest absolute Gasteiger partial charge is 0.297 e. The number of nitrogens with one attached hydrogen (secondary N) is 1. The molecule has 32 heavy (non-hydrogen) atoms. The fraction of sp³-hybridized carbons (Fsp3) is 0.375. The molecule has 0 bridgehead atoms. The lowest BCUT2D eigenvalue weighted by atomic mass is 9.94. The Morgan fingerprint density at radius 1 is 1.06 bits per heavy atom. The normalized spacial score (nSPS) is 19.0. The predicted octanol–water partition coefficient (Wildman–Crippen LogP) is 5.85. The molecule has 1 amide bonds. The Labute approximate surface area is 199 Å². The SMILES string of the molecule is CC.C[C@@H]1C[C@H](C)CN(Sc2ccc(C(=O)N=C(N)OC(=N)c3ccc(Cl)cc3)cc2)C1. The van der Waals surface area contributed by atoms with Crippen LogP contribution in [0.2, 0.25) is 5.02 Å². The summed E-state index contributed by atoms with van der Waals surface area (Å²) < 4.78 is 7.53. The number of amidine groups is 1. The van der Waals surface area contributed by atoms with Gasteiger partial charge in [0.25, 0.3) is 11.9 Å². The third kappa shape index (κ3) is 7.97. The minimum Gasteiger partial charge on any atom is -0.407 e. The van der Waals surface area contributed by atoms with Crippen LogP contribution in [-0.2, 0) is 4.74 Å². The van der Waals surface area contributed by atoms with Crippen molar-refractivity contribution in [1.29, 1.82) is 5.41 Å². The van der Waals surface area contributed by atoms with Crippen LogP contribution in [0.1, 0.15) is 50.0 Å². The summed E-state index contributed by atoms with van der Waals surface area (Å²) in [4.78, 5) is 17.2. The number of hydrogen-bond acceptors (Lipinski definition) is 5. The number of rotatable bonds is 4. The lowest BCUT2D eigenvalue weighted by Crippen LogP contribution is -2.33. The first-order chi connectivity index (χ1) is 15.3. The number of nitrogens with zero attached hydrogens (tertiary/aromatic N) is 2. The van der Waals surface area contributed by atoms with Crippen molar-refractivity contribution in [2.75, 3.05) is 13.1 Å². The van der Waals surface area contributed by atoms with Gasteiger partial charge in [-0.2, -0.15) is 4.99 Å². The van der Waals surface area contributed by atoms with Crippen LogP contribution in [0, 0.1) is 17.2 Å². The molecule has 172 valence electrons. The van der Waals surface area contributed by atoms with Crippen molar-refractivity contribution in [2.24, 2.45) is 22.6 Å². The summed E-state index contributed by atoms with van der Waals surface area (Å²) in [5.74, 6) is 0.641. The number of carbonyl (C=O) groups excluding carboxylic acids is 1. The van der Waals surface area contributed by atoms with Crippen LogP contribution in [0.4, 0.5) is 0 Å². The monoisotopic (exact) mass is 474 g/mol. The number of hydrogen-bond donors (Lipinski definition) is 2. The highest BCUT2D eigenvalue weighted by Gasteiger charge is 2.22. The summed E-state index contributed by atoms with van der Waals surface area (Å²) >= 11 is 7.54. The number of piperidine rings is 1. The van der Waals surface area contributed by atoms with Crippen molar-refractivity contribution in [1.82, 2.24) is 4.31 Å². The molecule has 1 aliphatic rings. The van der Waals surface area contributed by atoms with E-state index in [1.807, 2.05) is 26.0 Å². The van der Waals surface area contributed by atoms with Crippen LogP contribution >= 0.6 is 23.5 Å². The van der Waals surface area contributed by atoms with E-state index in [1.54, 1.807) is 48.3 Å². The van der Waals surface area contributed by atoms with Crippen LogP contribution in [0.25, 0.3) is 0 Å². The standard InChI is InChI=1S/C22H25ClN4O2S.C2H6/c1-14-11-15(2)13-27(12-14)30-19-9-5-17(6-10-19)21(28)26-22(25)29-20(24)16-3-7-18(23)8-4-16;1-2/h3-10,14-15,24H,11-13H2,1-2H3,(H2,25,26,28);1-2H3/t14-,15+;. The van der Waals surface area contributed by atoms with Gasteiger partial charge in [-0.15, -0.1) is 0 Å². The second-order valence-corrected chi connectivity index (χ2v) is 9.21. The first kappa shape index (κ1) is 25.9. The molecule has 1 heterocycles. The van der Waals surface area contributed by atoms with E-state index in [2.05, 4.69) is 23.1 Å². The highest BCUT2D eigenvalue weighted by molar-refractivity contribution is 7.97. The maximum absolute atomic E-state index is 12.4. The van der Waals surface area contributed by atoms with Gasteiger partial charge < -0.3 is 10.5 Å². The first-order valence-electron chi connectivity index (χ1n) is 10.7. The summed E-state index contributed by atoms with van der Waals surface area (Å²) in [5.41, 5.74) is 6.58. The molecule has 8 heteroatoms. The number of ether oxygens (including phenoxy) is 1. The quantitative estimate of drug-likeness (QED) is 0.329. The second-order valence-electron chi connectivity index (χ2n) is 7.60. The highest BCUT2D eigenvalue weighted by Crippen LogP contribution is 2.30. The number of aliphatic imine (C=N–C) groups is 1. The second kappa shape index (κ2) is 12.6. The topological polar surface area (TPSA) is 91.8 Å². The maximum Gasteiger partial charge on any atom is 0.297 e. The van der Waals surface area contributed by atoms with E-state index in [0.29, 0.717) is 28.0 Å². The van der Waals surface area contributed by atoms with E-state index in [4.69, 9.17) is 27.5 Å². The average Bonchev–Trinajstić information content (AvgIpc) is 2.75. The average molecular weight is 475 g/mol. The molecule has 0 aromatic heterocycles. The molecule has 1 aliphatic heterocycles. The molecule has 3 N–H and O–H groups in total. The fourth-order valence-corrected chi connectivity index (χ4v) is 4.78. The molecule has 6 nitrogen and oxygen atoms in total. The van der Waals surface area contributed by atoms with Crippen LogP contribution in [0.5, 0.6) is 0 Å². The zero-order valence-corrected chi connectivity index (χ0v) is 20.5. The summed E-state index contributed by atoms with van der Waals surface area (Å²) in [5, 5.41) is 8.46. The molecule has 2 aromatic rings. The van der Waals surface area contributed by atoms with Gasteiger partial charge in [-0.3, -0.25) is 10.2 Å². The summed E-state index contributed by atoms with van der Waals surface area (Å²) in [6.45, 7) is 10.7. The molecular formula is C24H31ClN4O2S. The van der Waals surface area contributed by atoms with Gasteiger partial charge in [0, 0.05) is 34.1 Å². The van der Waals surface area contributed by atoms with E-state index < -0.39 is 5.91 Å². The van der Waals surface area contributed by atoms with Gasteiger partial charge in [0.05, 0.1) is 0 Å². The number of benzene rings is 2. The van der Waals surface area contributed by atoms with Gasteiger partial charge in [-0.05, 0) is 78.7 Å². The number of amides is 1. The minimum absolute atomic E-state index is 0.211. The van der Waals surface area contributed by atoms with Crippen LogP contribution < -0.4 is 5.73 Å². The van der Waals surface area contributed by atoms with Crippen molar-refractivity contribution in [3.05, 3.63) is 64.7 Å². The molecular weight excluding hydrogens is 444 g/mol. The molecule has 1 fully saturated rings. The van der Waals surface area contributed by atoms with Crippen LogP contribution in [0.15, 0.2) is 58.4 Å². The van der Waals surface area contributed by atoms with E-state index in [-0.39, 0.29) is 11.9 Å². The van der Waals surface area contributed by atoms with Gasteiger partial charge >= 0.3 is 0 Å². The molecule has 0 aliphatic carbocycles. The van der Waals surface area contributed by atoms with Gasteiger partial charge in [-0.1, -0.05) is 39.3 Å². The maximum atomic E-state index is 12.4. The predicted molar refractivity (Wildman–Crippen MR) is 133 cm³/mol. The molecule has 2 aromatic carbocycles. The van der Waals surface area contributed by atoms with E-state index in [1.165, 1.54) is 6.42 Å². The lowest BCUT2D eigenvalue weighted by Gasteiger charge is -2.33. The van der Waals surface area contributed by atoms with Crippen molar-refractivity contribution in [3.8, 4) is 0 Å². The fourth-order valence-electron chi connectivity index (χ4n) is 3.44. The molecule has 0 radical (unpaired) electrons. The molecule has 1 saturated heterocycles. The van der Waals surface area contributed by atoms with Crippen LogP contribution in [0.3, 0.4) is 0 Å². The Morgan fingerprint density at radius 2 is 1.59 bits per heavy atom. The molecule has 0 spiro atoms. The highest BCUT2D eigenvalue weighted by atomic mass is 35.5. The molecule has 0 unspecified atom stereocenters. The number of nitrogens with two attached hydrogens (primary N) is 1. The zero-order valence-electron chi connectivity index (χ0n) is 19.0. The largest absolute Gasteiger partial charge is 0.407 e. The number of halogens is 1. The molecule has 0 saturated carbocycles. The van der Waals surface area contributed by atoms with Gasteiger partial charge in [0.15, 0.2) is 0 Å².